The Bertz CT molecular complexity index is 791. The number of aromatic nitrogens is 3. The molecule has 0 bridgehead atoms. The lowest BCUT2D eigenvalue weighted by atomic mass is 9.92. The molecule has 108 valence electrons. The molecule has 0 aromatic carbocycles. The molecule has 2 atom stereocenters. The van der Waals surface area contributed by atoms with Crippen LogP contribution in [0, 0.1) is 11.3 Å². The SMILES string of the molecule is CC1=C(CO)O[C@@](C#N)(c2ccc3c(N)ncnn23)[C@@H]1O. The molecule has 0 spiro atoms. The first-order valence-corrected chi connectivity index (χ1v) is 6.22. The van der Waals surface area contributed by atoms with Crippen molar-refractivity contribution in [2.45, 2.75) is 18.6 Å². The monoisotopic (exact) mass is 287 g/mol. The highest BCUT2D eigenvalue weighted by molar-refractivity contribution is 5.66. The topological polar surface area (TPSA) is 130 Å². The number of nitrogen functional groups attached to an aromatic ring is 1. The first-order valence-electron chi connectivity index (χ1n) is 6.22. The lowest BCUT2D eigenvalue weighted by Gasteiger charge is -2.25. The van der Waals surface area contributed by atoms with Crippen molar-refractivity contribution in [3.05, 3.63) is 35.5 Å². The average molecular weight is 287 g/mol. The quantitative estimate of drug-likeness (QED) is 0.690. The van der Waals surface area contributed by atoms with Crippen molar-refractivity contribution in [2.24, 2.45) is 0 Å². The molecule has 0 aliphatic carbocycles. The number of nitrogens with two attached hydrogens (primary N) is 1. The van der Waals surface area contributed by atoms with Crippen molar-refractivity contribution in [3.8, 4) is 6.07 Å². The number of anilines is 1. The number of fused-ring (bicyclic) bond motifs is 1. The first kappa shape index (κ1) is 13.4. The summed E-state index contributed by atoms with van der Waals surface area (Å²) in [6.07, 6.45) is 0.0461. The third-order valence-corrected chi connectivity index (χ3v) is 3.69. The molecular formula is C13H13N5O3. The largest absolute Gasteiger partial charge is 0.465 e. The Labute approximate surface area is 119 Å². The van der Waals surface area contributed by atoms with E-state index in [-0.39, 0.29) is 11.6 Å². The number of hydrogen-bond donors (Lipinski definition) is 3. The van der Waals surface area contributed by atoms with Gasteiger partial charge < -0.3 is 20.7 Å². The van der Waals surface area contributed by atoms with Crippen molar-refractivity contribution in [1.82, 2.24) is 14.6 Å². The van der Waals surface area contributed by atoms with Gasteiger partial charge in [0.15, 0.2) is 5.82 Å². The lowest BCUT2D eigenvalue weighted by Crippen LogP contribution is -2.38. The van der Waals surface area contributed by atoms with Crippen molar-refractivity contribution in [3.63, 3.8) is 0 Å². The van der Waals surface area contributed by atoms with Crippen LogP contribution in [-0.4, -0.2) is 37.5 Å². The molecule has 4 N–H and O–H groups in total. The van der Waals surface area contributed by atoms with E-state index < -0.39 is 18.3 Å². The first-order chi connectivity index (χ1) is 10.0. The van der Waals surface area contributed by atoms with E-state index in [2.05, 4.69) is 10.1 Å². The second-order valence-electron chi connectivity index (χ2n) is 4.78. The number of hydrogen-bond acceptors (Lipinski definition) is 7. The van der Waals surface area contributed by atoms with Crippen LogP contribution in [0.15, 0.2) is 29.8 Å². The minimum absolute atomic E-state index is 0.182. The van der Waals surface area contributed by atoms with Crippen molar-refractivity contribution < 1.29 is 14.9 Å². The predicted molar refractivity (Wildman–Crippen MR) is 71.6 cm³/mol. The zero-order chi connectivity index (χ0) is 15.2. The molecule has 2 aromatic rings. The van der Waals surface area contributed by atoms with E-state index in [9.17, 15) is 15.5 Å². The molecule has 0 fully saturated rings. The molecule has 0 saturated carbocycles. The zero-order valence-electron chi connectivity index (χ0n) is 11.2. The van der Waals surface area contributed by atoms with Crippen LogP contribution >= 0.6 is 0 Å². The van der Waals surface area contributed by atoms with Gasteiger partial charge in [0.2, 0.25) is 0 Å². The Balaban J connectivity index is 2.22. The summed E-state index contributed by atoms with van der Waals surface area (Å²) >= 11 is 0. The van der Waals surface area contributed by atoms with Gasteiger partial charge in [-0.15, -0.1) is 0 Å². The molecule has 3 heterocycles. The molecule has 1 aliphatic heterocycles. The van der Waals surface area contributed by atoms with Crippen LogP contribution in [0.4, 0.5) is 5.82 Å². The Morgan fingerprint density at radius 3 is 2.95 bits per heavy atom. The van der Waals surface area contributed by atoms with Gasteiger partial charge in [-0.3, -0.25) is 0 Å². The van der Waals surface area contributed by atoms with Gasteiger partial charge >= 0.3 is 0 Å². The highest BCUT2D eigenvalue weighted by Gasteiger charge is 2.52. The van der Waals surface area contributed by atoms with Gasteiger partial charge in [-0.25, -0.2) is 9.50 Å². The molecule has 0 radical (unpaired) electrons. The normalized spacial score (nSPS) is 25.1. The van der Waals surface area contributed by atoms with E-state index in [1.807, 2.05) is 6.07 Å². The fraction of sp³-hybridized carbons (Fsp3) is 0.308. The number of ether oxygens (including phenoxy) is 1. The minimum atomic E-state index is -1.67. The Morgan fingerprint density at radius 2 is 2.33 bits per heavy atom. The average Bonchev–Trinajstić information content (AvgIpc) is 3.03. The summed E-state index contributed by atoms with van der Waals surface area (Å²) < 4.78 is 6.97. The van der Waals surface area contributed by atoms with E-state index in [1.54, 1.807) is 19.1 Å². The summed E-state index contributed by atoms with van der Waals surface area (Å²) in [7, 11) is 0. The van der Waals surface area contributed by atoms with Crippen LogP contribution in [0.1, 0.15) is 12.6 Å². The molecule has 0 amide bonds. The van der Waals surface area contributed by atoms with Crippen molar-refractivity contribution in [2.75, 3.05) is 12.3 Å². The highest BCUT2D eigenvalue weighted by Crippen LogP contribution is 2.42. The summed E-state index contributed by atoms with van der Waals surface area (Å²) in [6.45, 7) is 1.21. The fourth-order valence-corrected chi connectivity index (χ4v) is 2.51. The third kappa shape index (κ3) is 1.62. The number of rotatable bonds is 2. The van der Waals surface area contributed by atoms with E-state index >= 15 is 0 Å². The van der Waals surface area contributed by atoms with Crippen LogP contribution < -0.4 is 5.73 Å². The maximum absolute atomic E-state index is 10.4. The van der Waals surface area contributed by atoms with Crippen LogP contribution in [0.5, 0.6) is 0 Å². The number of aliphatic hydroxyl groups excluding tert-OH is 2. The minimum Gasteiger partial charge on any atom is -0.465 e. The van der Waals surface area contributed by atoms with Crippen molar-refractivity contribution >= 4 is 11.3 Å². The van der Waals surface area contributed by atoms with Gasteiger partial charge in [-0.05, 0) is 19.1 Å². The molecule has 0 unspecified atom stereocenters. The molecule has 2 aromatic heterocycles. The Hall–Kier alpha value is -2.63. The van der Waals surface area contributed by atoms with Gasteiger partial charge in [0, 0.05) is 5.57 Å². The third-order valence-electron chi connectivity index (χ3n) is 3.69. The lowest BCUT2D eigenvalue weighted by molar-refractivity contribution is -0.0218. The van der Waals surface area contributed by atoms with Crippen LogP contribution in [0.3, 0.4) is 0 Å². The van der Waals surface area contributed by atoms with E-state index in [0.717, 1.165) is 0 Å². The van der Waals surface area contributed by atoms with Gasteiger partial charge in [0.05, 0.1) is 0 Å². The maximum Gasteiger partial charge on any atom is 0.265 e. The van der Waals surface area contributed by atoms with Crippen LogP contribution in [0.25, 0.3) is 5.52 Å². The van der Waals surface area contributed by atoms with Crippen LogP contribution in [-0.2, 0) is 10.3 Å². The molecule has 3 rings (SSSR count). The van der Waals surface area contributed by atoms with E-state index in [0.29, 0.717) is 16.8 Å². The molecule has 0 saturated heterocycles. The zero-order valence-corrected chi connectivity index (χ0v) is 11.2. The van der Waals surface area contributed by atoms with Crippen LogP contribution in [0.2, 0.25) is 0 Å². The van der Waals surface area contributed by atoms with Gasteiger partial charge in [0.25, 0.3) is 5.60 Å². The highest BCUT2D eigenvalue weighted by atomic mass is 16.5. The van der Waals surface area contributed by atoms with E-state index in [1.165, 1.54) is 10.8 Å². The molecule has 8 nitrogen and oxygen atoms in total. The van der Waals surface area contributed by atoms with E-state index in [4.69, 9.17) is 10.5 Å². The molecular weight excluding hydrogens is 274 g/mol. The Morgan fingerprint density at radius 1 is 1.57 bits per heavy atom. The number of nitrogens with zero attached hydrogens (tertiary/aromatic N) is 4. The second-order valence-corrected chi connectivity index (χ2v) is 4.78. The molecule has 21 heavy (non-hydrogen) atoms. The predicted octanol–water partition coefficient (Wildman–Crippen LogP) is -0.312. The standard InChI is InChI=1S/C13H13N5O3/c1-7-9(4-19)21-13(5-14,11(7)20)10-3-2-8-12(15)16-6-17-18(8)10/h2-3,6,11,19-20H,4H2,1H3,(H2,15,16,17)/t11-,13+/m1/s1. The van der Waals surface area contributed by atoms with Gasteiger partial charge in [0.1, 0.15) is 42.1 Å². The van der Waals surface area contributed by atoms with Crippen molar-refractivity contribution in [1.29, 1.82) is 5.26 Å². The number of aliphatic hydroxyl groups is 2. The summed E-state index contributed by atoms with van der Waals surface area (Å²) in [5.41, 5.74) is 5.33. The number of nitriles is 1. The molecule has 1 aliphatic rings. The molecule has 8 heteroatoms. The summed E-state index contributed by atoms with van der Waals surface area (Å²) in [6, 6.07) is 5.23. The van der Waals surface area contributed by atoms with Gasteiger partial charge in [-0.2, -0.15) is 10.4 Å². The summed E-state index contributed by atoms with van der Waals surface area (Å²) in [5, 5.41) is 33.3. The van der Waals surface area contributed by atoms with Gasteiger partial charge in [-0.1, -0.05) is 0 Å². The summed E-state index contributed by atoms with van der Waals surface area (Å²) in [5.74, 6) is 0.435. The smallest absolute Gasteiger partial charge is 0.265 e. The fourth-order valence-electron chi connectivity index (χ4n) is 2.51. The maximum atomic E-state index is 10.4. The second kappa shape index (κ2) is 4.44. The summed E-state index contributed by atoms with van der Waals surface area (Å²) in [4.78, 5) is 3.87. The Kier molecular flexibility index (Phi) is 2.83.